The minimum absolute atomic E-state index is 0.0918. The van der Waals surface area contributed by atoms with Crippen molar-refractivity contribution in [3.05, 3.63) is 57.6 Å². The Kier molecular flexibility index (Phi) is 9.59. The number of rotatable bonds is 12. The quantitative estimate of drug-likeness (QED) is 0.143. The number of benzene rings is 2. The van der Waals surface area contributed by atoms with Crippen LogP contribution in [0.1, 0.15) is 17.5 Å². The zero-order valence-electron chi connectivity index (χ0n) is 17.6. The molecule has 6 N–H and O–H groups in total. The van der Waals surface area contributed by atoms with Gasteiger partial charge in [-0.1, -0.05) is 35.3 Å². The number of oxime groups is 1. The van der Waals surface area contributed by atoms with Crippen LogP contribution in [-0.4, -0.2) is 44.7 Å². The maximum absolute atomic E-state index is 12.8. The van der Waals surface area contributed by atoms with E-state index in [9.17, 15) is 18.3 Å². The lowest BCUT2D eigenvalue weighted by molar-refractivity contribution is -0.138. The van der Waals surface area contributed by atoms with E-state index in [4.69, 9.17) is 44.2 Å². The molecule has 0 aliphatic rings. The number of carbonyl (C=O) groups is 1. The molecule has 0 radical (unpaired) electrons. The van der Waals surface area contributed by atoms with Crippen molar-refractivity contribution < 1.29 is 27.9 Å². The summed E-state index contributed by atoms with van der Waals surface area (Å²) in [5.74, 6) is -0.945. The number of carboxylic acids is 1. The molecule has 2 aromatic rings. The lowest BCUT2D eigenvalue weighted by atomic mass is 10.1. The predicted molar refractivity (Wildman–Crippen MR) is 125 cm³/mol. The van der Waals surface area contributed by atoms with E-state index < -0.39 is 22.0 Å². The molecule has 0 bridgehead atoms. The van der Waals surface area contributed by atoms with Crippen LogP contribution in [0.4, 0.5) is 0 Å². The maximum atomic E-state index is 12.8. The van der Waals surface area contributed by atoms with Gasteiger partial charge in [-0.05, 0) is 53.9 Å². The molecule has 1 unspecified atom stereocenters. The Bertz CT molecular complexity index is 1080. The number of nitrogens with one attached hydrogen (secondary N) is 1. The maximum Gasteiger partial charge on any atom is 0.322 e. The molecule has 0 saturated heterocycles. The highest BCUT2D eigenvalue weighted by Crippen LogP contribution is 2.29. The molecule has 13 heteroatoms. The van der Waals surface area contributed by atoms with Gasteiger partial charge in [0, 0.05) is 11.4 Å². The van der Waals surface area contributed by atoms with E-state index in [0.717, 1.165) is 0 Å². The van der Waals surface area contributed by atoms with Crippen molar-refractivity contribution in [2.45, 2.75) is 30.7 Å². The molecule has 1 atom stereocenters. The van der Waals surface area contributed by atoms with Gasteiger partial charge in [-0.3, -0.25) is 4.79 Å². The summed E-state index contributed by atoms with van der Waals surface area (Å²) in [5.41, 5.74) is 11.2. The van der Waals surface area contributed by atoms with Gasteiger partial charge in [-0.15, -0.1) is 0 Å². The van der Waals surface area contributed by atoms with Crippen molar-refractivity contribution in [2.75, 3.05) is 13.2 Å². The molecular weight excluding hydrogens is 495 g/mol. The number of guanidine groups is 1. The topological polar surface area (TPSA) is 166 Å². The highest BCUT2D eigenvalue weighted by atomic mass is 35.5. The minimum atomic E-state index is -4.22. The number of carboxylic acid groups (broad SMARTS) is 1. The van der Waals surface area contributed by atoms with E-state index >= 15 is 0 Å². The number of halogens is 2. The van der Waals surface area contributed by atoms with Gasteiger partial charge in [0.2, 0.25) is 16.0 Å². The number of hydrogen-bond acceptors (Lipinski definition) is 6. The number of nitrogens with zero attached hydrogens (tertiary/aromatic N) is 1. The SMILES string of the molecule is Cc1cc(Cl)cc(Cl)c1S(=O)(=O)NC(Cc1ccc(OCCCON=C(N)N)cc1)C(=O)O. The van der Waals surface area contributed by atoms with Gasteiger partial charge in [0.1, 0.15) is 23.3 Å². The van der Waals surface area contributed by atoms with Crippen LogP contribution < -0.4 is 20.9 Å². The molecule has 180 valence electrons. The van der Waals surface area contributed by atoms with Crippen molar-refractivity contribution in [1.29, 1.82) is 0 Å². The predicted octanol–water partition coefficient (Wildman–Crippen LogP) is 2.25. The fourth-order valence-corrected chi connectivity index (χ4v) is 5.22. The number of sulfonamides is 1. The molecule has 2 aromatic carbocycles. The summed E-state index contributed by atoms with van der Waals surface area (Å²) in [7, 11) is -4.22. The Labute approximate surface area is 201 Å². The van der Waals surface area contributed by atoms with Gasteiger partial charge in [0.15, 0.2) is 0 Å². The van der Waals surface area contributed by atoms with Crippen LogP contribution in [0.15, 0.2) is 46.4 Å². The van der Waals surface area contributed by atoms with E-state index in [-0.39, 0.29) is 33.9 Å². The monoisotopic (exact) mass is 518 g/mol. The Morgan fingerprint density at radius 3 is 2.42 bits per heavy atom. The lowest BCUT2D eigenvalue weighted by Gasteiger charge is -2.17. The van der Waals surface area contributed by atoms with E-state index in [1.165, 1.54) is 19.1 Å². The first-order valence-corrected chi connectivity index (χ1v) is 11.9. The second kappa shape index (κ2) is 11.9. The highest BCUT2D eigenvalue weighted by molar-refractivity contribution is 7.89. The second-order valence-corrected chi connectivity index (χ2v) is 9.44. The molecule has 2 rings (SSSR count). The van der Waals surface area contributed by atoms with Crippen molar-refractivity contribution in [3.8, 4) is 5.75 Å². The summed E-state index contributed by atoms with van der Waals surface area (Å²) in [6.45, 7) is 2.14. The van der Waals surface area contributed by atoms with Gasteiger partial charge < -0.3 is 26.1 Å². The molecule has 0 spiro atoms. The molecule has 0 aliphatic carbocycles. The molecule has 0 amide bonds. The largest absolute Gasteiger partial charge is 0.493 e. The third-order valence-electron chi connectivity index (χ3n) is 4.24. The molecule has 0 aliphatic heterocycles. The smallest absolute Gasteiger partial charge is 0.322 e. The van der Waals surface area contributed by atoms with Gasteiger partial charge in [0.25, 0.3) is 0 Å². The normalized spacial score (nSPS) is 12.1. The van der Waals surface area contributed by atoms with E-state index in [2.05, 4.69) is 9.88 Å². The highest BCUT2D eigenvalue weighted by Gasteiger charge is 2.28. The van der Waals surface area contributed by atoms with Gasteiger partial charge in [-0.2, -0.15) is 4.72 Å². The molecular formula is C20H24Cl2N4O6S. The number of hydrogen-bond donors (Lipinski definition) is 4. The number of nitrogens with two attached hydrogens (primary N) is 2. The van der Waals surface area contributed by atoms with E-state index in [1.807, 2.05) is 0 Å². The zero-order valence-corrected chi connectivity index (χ0v) is 20.0. The molecule has 0 fully saturated rings. The van der Waals surface area contributed by atoms with Gasteiger partial charge in [-0.25, -0.2) is 8.42 Å². The van der Waals surface area contributed by atoms with Crippen LogP contribution in [0.3, 0.4) is 0 Å². The summed E-state index contributed by atoms with van der Waals surface area (Å²) in [5, 5.41) is 13.1. The van der Waals surface area contributed by atoms with Crippen molar-refractivity contribution >= 4 is 45.2 Å². The lowest BCUT2D eigenvalue weighted by Crippen LogP contribution is -2.42. The Balaban J connectivity index is 2.01. The van der Waals surface area contributed by atoms with Crippen LogP contribution in [-0.2, 0) is 26.1 Å². The number of ether oxygens (including phenoxy) is 1. The average molecular weight is 519 g/mol. The molecule has 0 heterocycles. The molecule has 0 saturated carbocycles. The average Bonchev–Trinajstić information content (AvgIpc) is 2.69. The first kappa shape index (κ1) is 26.5. The minimum Gasteiger partial charge on any atom is -0.493 e. The van der Waals surface area contributed by atoms with E-state index in [1.54, 1.807) is 24.3 Å². The summed E-state index contributed by atoms with van der Waals surface area (Å²) < 4.78 is 33.4. The molecule has 0 aromatic heterocycles. The molecule has 10 nitrogen and oxygen atoms in total. The summed E-state index contributed by atoms with van der Waals surface area (Å²) in [6, 6.07) is 7.90. The number of aliphatic carboxylic acids is 1. The van der Waals surface area contributed by atoms with Gasteiger partial charge in [0.05, 0.1) is 11.6 Å². The standard InChI is InChI=1S/C20H24Cl2N4O6S/c1-12-9-14(21)11-16(22)18(12)33(29,30)26-17(19(27)28)10-13-3-5-15(6-4-13)31-7-2-8-32-25-20(23)24/h3-6,9,11,17,26H,2,7-8,10H2,1H3,(H,27,28)(H4,23,24,25). The van der Waals surface area contributed by atoms with Crippen LogP contribution in [0.25, 0.3) is 0 Å². The Morgan fingerprint density at radius 1 is 1.18 bits per heavy atom. The first-order valence-electron chi connectivity index (χ1n) is 9.63. The third kappa shape index (κ3) is 8.28. The summed E-state index contributed by atoms with van der Waals surface area (Å²) in [4.78, 5) is 16.4. The fourth-order valence-electron chi connectivity index (χ4n) is 2.85. The van der Waals surface area contributed by atoms with Crippen LogP contribution in [0.2, 0.25) is 10.0 Å². The first-order chi connectivity index (χ1) is 15.5. The summed E-state index contributed by atoms with van der Waals surface area (Å²) >= 11 is 11.9. The zero-order chi connectivity index (χ0) is 24.6. The second-order valence-electron chi connectivity index (χ2n) is 6.95. The Morgan fingerprint density at radius 2 is 1.85 bits per heavy atom. The molecule has 33 heavy (non-hydrogen) atoms. The van der Waals surface area contributed by atoms with Crippen molar-refractivity contribution in [2.24, 2.45) is 16.6 Å². The van der Waals surface area contributed by atoms with Crippen LogP contribution >= 0.6 is 23.2 Å². The van der Waals surface area contributed by atoms with Crippen LogP contribution in [0.5, 0.6) is 5.75 Å². The van der Waals surface area contributed by atoms with Crippen molar-refractivity contribution in [3.63, 3.8) is 0 Å². The Hall–Kier alpha value is -2.73. The fraction of sp³-hybridized carbons (Fsp3) is 0.300. The summed E-state index contributed by atoms with van der Waals surface area (Å²) in [6.07, 6.45) is 0.444. The third-order valence-corrected chi connectivity index (χ3v) is 6.54. The van der Waals surface area contributed by atoms with E-state index in [0.29, 0.717) is 29.9 Å². The van der Waals surface area contributed by atoms with Crippen molar-refractivity contribution in [1.82, 2.24) is 4.72 Å². The number of aryl methyl sites for hydroxylation is 1. The van der Waals surface area contributed by atoms with Gasteiger partial charge >= 0.3 is 5.97 Å². The van der Waals surface area contributed by atoms with Crippen LogP contribution in [0, 0.1) is 6.92 Å².